The van der Waals surface area contributed by atoms with Gasteiger partial charge >= 0.3 is 5.97 Å². The van der Waals surface area contributed by atoms with Crippen LogP contribution in [-0.2, 0) is 9.53 Å². The molecule has 1 aromatic rings. The van der Waals surface area contributed by atoms with Gasteiger partial charge in [-0.1, -0.05) is 25.3 Å². The number of carbonyl (C=O) groups excluding carboxylic acids is 1. The first-order valence-electron chi connectivity index (χ1n) is 7.72. The van der Waals surface area contributed by atoms with Crippen LogP contribution in [0.2, 0.25) is 0 Å². The van der Waals surface area contributed by atoms with Crippen molar-refractivity contribution in [2.45, 2.75) is 32.1 Å². The fourth-order valence-corrected chi connectivity index (χ4v) is 3.11. The average molecular weight is 299 g/mol. The van der Waals surface area contributed by atoms with Crippen LogP contribution in [0.4, 0.5) is 0 Å². The number of ether oxygens (including phenoxy) is 3. The monoisotopic (exact) mass is 299 g/mol. The van der Waals surface area contributed by atoms with Crippen LogP contribution in [0.3, 0.4) is 0 Å². The Morgan fingerprint density at radius 3 is 2.77 bits per heavy atom. The number of aliphatic imine (C=N–C) groups is 1. The molecule has 0 atom stereocenters. The fourth-order valence-electron chi connectivity index (χ4n) is 3.11. The van der Waals surface area contributed by atoms with E-state index in [-0.39, 0.29) is 12.8 Å². The summed E-state index contributed by atoms with van der Waals surface area (Å²) in [4.78, 5) is 16.4. The molecular formula is C17H17NO4. The van der Waals surface area contributed by atoms with Crippen LogP contribution >= 0.6 is 0 Å². The Kier molecular flexibility index (Phi) is 3.33. The highest BCUT2D eigenvalue weighted by Crippen LogP contribution is 2.34. The first-order chi connectivity index (χ1) is 10.8. The largest absolute Gasteiger partial charge is 0.454 e. The summed E-state index contributed by atoms with van der Waals surface area (Å²) in [5.74, 6) is 1.94. The SMILES string of the molecule is O=C1OC(C2CCCCC2)=N/C1=C\c1ccc2c(c1)OCO2. The Bertz CT molecular complexity index is 671. The van der Waals surface area contributed by atoms with Crippen LogP contribution in [0.5, 0.6) is 11.5 Å². The minimum atomic E-state index is -0.363. The molecule has 22 heavy (non-hydrogen) atoms. The molecule has 1 saturated carbocycles. The number of fused-ring (bicyclic) bond motifs is 1. The second-order valence-corrected chi connectivity index (χ2v) is 5.82. The van der Waals surface area contributed by atoms with E-state index in [4.69, 9.17) is 14.2 Å². The normalized spacial score (nSPS) is 22.8. The number of hydrogen-bond acceptors (Lipinski definition) is 5. The van der Waals surface area contributed by atoms with E-state index >= 15 is 0 Å². The first-order valence-corrected chi connectivity index (χ1v) is 7.72. The molecule has 3 aliphatic rings. The number of rotatable bonds is 2. The Labute approximate surface area is 128 Å². The minimum absolute atomic E-state index is 0.237. The smallest absolute Gasteiger partial charge is 0.363 e. The lowest BCUT2D eigenvalue weighted by Gasteiger charge is -2.19. The number of hydrogen-bond donors (Lipinski definition) is 0. The van der Waals surface area contributed by atoms with E-state index in [1.165, 1.54) is 19.3 Å². The lowest BCUT2D eigenvalue weighted by molar-refractivity contribution is -0.130. The average Bonchev–Trinajstić information content (AvgIpc) is 3.15. The molecule has 5 nitrogen and oxygen atoms in total. The van der Waals surface area contributed by atoms with Gasteiger partial charge in [-0.25, -0.2) is 9.79 Å². The minimum Gasteiger partial charge on any atom is -0.454 e. The van der Waals surface area contributed by atoms with Crippen LogP contribution in [0.15, 0.2) is 28.9 Å². The molecule has 4 rings (SSSR count). The van der Waals surface area contributed by atoms with Crippen molar-refractivity contribution in [2.75, 3.05) is 6.79 Å². The summed E-state index contributed by atoms with van der Waals surface area (Å²) >= 11 is 0. The van der Waals surface area contributed by atoms with Crippen molar-refractivity contribution in [1.29, 1.82) is 0 Å². The highest BCUT2D eigenvalue weighted by Gasteiger charge is 2.30. The summed E-state index contributed by atoms with van der Waals surface area (Å²) in [6.07, 6.45) is 7.48. The van der Waals surface area contributed by atoms with Crippen molar-refractivity contribution in [2.24, 2.45) is 10.9 Å². The van der Waals surface area contributed by atoms with Crippen LogP contribution < -0.4 is 9.47 Å². The molecular weight excluding hydrogens is 282 g/mol. The third-order valence-corrected chi connectivity index (χ3v) is 4.29. The van der Waals surface area contributed by atoms with Crippen LogP contribution in [0, 0.1) is 5.92 Å². The molecule has 0 unspecified atom stereocenters. The summed E-state index contributed by atoms with van der Waals surface area (Å²) in [7, 11) is 0. The van der Waals surface area contributed by atoms with Crippen LogP contribution in [0.1, 0.15) is 37.7 Å². The molecule has 5 heteroatoms. The van der Waals surface area contributed by atoms with E-state index in [1.807, 2.05) is 18.2 Å². The van der Waals surface area contributed by atoms with Crippen molar-refractivity contribution in [3.8, 4) is 11.5 Å². The Morgan fingerprint density at radius 2 is 1.91 bits per heavy atom. The second kappa shape index (κ2) is 5.48. The highest BCUT2D eigenvalue weighted by atomic mass is 16.7. The number of benzene rings is 1. The number of carbonyl (C=O) groups is 1. The molecule has 1 aromatic carbocycles. The van der Waals surface area contributed by atoms with E-state index in [1.54, 1.807) is 6.08 Å². The summed E-state index contributed by atoms with van der Waals surface area (Å²) in [6, 6.07) is 5.55. The Balaban J connectivity index is 1.58. The predicted molar refractivity (Wildman–Crippen MR) is 80.6 cm³/mol. The zero-order valence-corrected chi connectivity index (χ0v) is 12.2. The van der Waals surface area contributed by atoms with Crippen molar-refractivity contribution in [3.63, 3.8) is 0 Å². The third kappa shape index (κ3) is 2.47. The van der Waals surface area contributed by atoms with Crippen molar-refractivity contribution < 1.29 is 19.0 Å². The summed E-state index contributed by atoms with van der Waals surface area (Å²) in [5, 5.41) is 0. The van der Waals surface area contributed by atoms with Crippen LogP contribution in [0.25, 0.3) is 6.08 Å². The molecule has 0 aromatic heterocycles. The quantitative estimate of drug-likeness (QED) is 0.621. The Hall–Kier alpha value is -2.30. The van der Waals surface area contributed by atoms with Gasteiger partial charge in [-0.2, -0.15) is 0 Å². The molecule has 1 aliphatic carbocycles. The van der Waals surface area contributed by atoms with Gasteiger partial charge in [0, 0.05) is 5.92 Å². The fraction of sp³-hybridized carbons (Fsp3) is 0.412. The first kappa shape index (κ1) is 13.4. The zero-order valence-electron chi connectivity index (χ0n) is 12.2. The maximum Gasteiger partial charge on any atom is 0.363 e. The third-order valence-electron chi connectivity index (χ3n) is 4.29. The molecule has 0 amide bonds. The molecule has 1 fully saturated rings. The van der Waals surface area contributed by atoms with Crippen molar-refractivity contribution >= 4 is 17.9 Å². The number of esters is 1. The topological polar surface area (TPSA) is 57.1 Å². The van der Waals surface area contributed by atoms with E-state index < -0.39 is 0 Å². The van der Waals surface area contributed by atoms with Gasteiger partial charge in [0.25, 0.3) is 0 Å². The van der Waals surface area contributed by atoms with Gasteiger partial charge in [-0.05, 0) is 36.6 Å². The Morgan fingerprint density at radius 1 is 1.09 bits per heavy atom. The molecule has 0 N–H and O–H groups in total. The van der Waals surface area contributed by atoms with Gasteiger partial charge in [0.15, 0.2) is 17.2 Å². The predicted octanol–water partition coefficient (Wildman–Crippen LogP) is 3.29. The lowest BCUT2D eigenvalue weighted by atomic mass is 9.89. The van der Waals surface area contributed by atoms with Gasteiger partial charge in [-0.3, -0.25) is 0 Å². The molecule has 0 radical (unpaired) electrons. The molecule has 0 bridgehead atoms. The standard InChI is InChI=1S/C17H17NO4/c19-17-13(18-16(22-17)12-4-2-1-3-5-12)8-11-6-7-14-15(9-11)21-10-20-14/h6-9,12H,1-5,10H2/b13-8-. The van der Waals surface area contributed by atoms with Crippen molar-refractivity contribution in [1.82, 2.24) is 0 Å². The molecule has 114 valence electrons. The second-order valence-electron chi connectivity index (χ2n) is 5.82. The lowest BCUT2D eigenvalue weighted by Crippen LogP contribution is -2.19. The van der Waals surface area contributed by atoms with E-state index in [0.717, 1.165) is 24.2 Å². The van der Waals surface area contributed by atoms with E-state index in [0.29, 0.717) is 23.3 Å². The molecule has 2 heterocycles. The molecule has 0 saturated heterocycles. The zero-order chi connectivity index (χ0) is 14.9. The maximum absolute atomic E-state index is 12.0. The van der Waals surface area contributed by atoms with Gasteiger partial charge in [0.05, 0.1) is 0 Å². The van der Waals surface area contributed by atoms with Gasteiger partial charge in [0.1, 0.15) is 0 Å². The summed E-state index contributed by atoms with van der Waals surface area (Å²) < 4.78 is 16.0. The van der Waals surface area contributed by atoms with Crippen molar-refractivity contribution in [3.05, 3.63) is 29.5 Å². The molecule has 2 aliphatic heterocycles. The summed E-state index contributed by atoms with van der Waals surface area (Å²) in [6.45, 7) is 0.237. The summed E-state index contributed by atoms with van der Waals surface area (Å²) in [5.41, 5.74) is 1.21. The maximum atomic E-state index is 12.0. The van der Waals surface area contributed by atoms with E-state index in [2.05, 4.69) is 4.99 Å². The highest BCUT2D eigenvalue weighted by molar-refractivity contribution is 6.07. The van der Waals surface area contributed by atoms with E-state index in [9.17, 15) is 4.79 Å². The van der Waals surface area contributed by atoms with Gasteiger partial charge < -0.3 is 14.2 Å². The van der Waals surface area contributed by atoms with Crippen LogP contribution in [-0.4, -0.2) is 18.7 Å². The number of cyclic esters (lactones) is 1. The number of nitrogens with zero attached hydrogens (tertiary/aromatic N) is 1. The van der Waals surface area contributed by atoms with Gasteiger partial charge in [-0.15, -0.1) is 0 Å². The van der Waals surface area contributed by atoms with Gasteiger partial charge in [0.2, 0.25) is 12.7 Å². The molecule has 0 spiro atoms.